The topological polar surface area (TPSA) is 85.5 Å². The predicted octanol–water partition coefficient (Wildman–Crippen LogP) is 3.34. The first kappa shape index (κ1) is 20.4. The lowest BCUT2D eigenvalue weighted by Gasteiger charge is -2.26. The molecule has 154 valence electrons. The zero-order chi connectivity index (χ0) is 20.3. The van der Waals surface area contributed by atoms with Crippen molar-refractivity contribution in [1.82, 2.24) is 8.68 Å². The van der Waals surface area contributed by atoms with E-state index in [9.17, 15) is 8.42 Å². The van der Waals surface area contributed by atoms with E-state index in [4.69, 9.17) is 10.5 Å². The normalized spacial score (nSPS) is 16.9. The minimum absolute atomic E-state index is 0.0906. The summed E-state index contributed by atoms with van der Waals surface area (Å²) in [5.74, 6) is 0. The fourth-order valence-corrected chi connectivity index (χ4v) is 5.85. The molecule has 29 heavy (non-hydrogen) atoms. The van der Waals surface area contributed by atoms with E-state index in [2.05, 4.69) is 16.5 Å². The third-order valence-electron chi connectivity index (χ3n) is 5.27. The third kappa shape index (κ3) is 4.51. The summed E-state index contributed by atoms with van der Waals surface area (Å²) in [6.07, 6.45) is 2.61. The summed E-state index contributed by atoms with van der Waals surface area (Å²) in [5.41, 5.74) is 8.46. The molecule has 1 aromatic heterocycles. The van der Waals surface area contributed by atoms with Crippen molar-refractivity contribution in [2.24, 2.45) is 5.73 Å². The summed E-state index contributed by atoms with van der Waals surface area (Å²) in [4.78, 5) is 0.341. The van der Waals surface area contributed by atoms with Crippen LogP contribution in [0.5, 0.6) is 0 Å². The summed E-state index contributed by atoms with van der Waals surface area (Å²) in [6.45, 7) is 1.72. The number of morpholine rings is 1. The molecular weight excluding hydrogens is 406 g/mol. The number of sulfonamides is 1. The molecule has 2 heterocycles. The molecule has 1 unspecified atom stereocenters. The van der Waals surface area contributed by atoms with Gasteiger partial charge in [-0.3, -0.25) is 0 Å². The number of benzene rings is 2. The SMILES string of the molecule is NC(CCCc1ccc(S(=O)(=O)N2CCOCC2)cc1)c1nsc2ccccc12. The first-order valence-electron chi connectivity index (χ1n) is 9.82. The Morgan fingerprint density at radius 3 is 2.59 bits per heavy atom. The monoisotopic (exact) mass is 431 g/mol. The Labute approximate surface area is 175 Å². The van der Waals surface area contributed by atoms with Gasteiger partial charge in [-0.1, -0.05) is 30.3 Å². The van der Waals surface area contributed by atoms with Crippen LogP contribution in [0.2, 0.25) is 0 Å². The van der Waals surface area contributed by atoms with Crippen molar-refractivity contribution in [2.45, 2.75) is 30.2 Å². The van der Waals surface area contributed by atoms with Crippen molar-refractivity contribution in [1.29, 1.82) is 0 Å². The molecule has 0 aliphatic carbocycles. The second-order valence-electron chi connectivity index (χ2n) is 7.22. The van der Waals surface area contributed by atoms with Crippen LogP contribution in [0.15, 0.2) is 53.4 Å². The first-order chi connectivity index (χ1) is 14.1. The Bertz CT molecular complexity index is 1060. The first-order valence-corrected chi connectivity index (χ1v) is 12.0. The highest BCUT2D eigenvalue weighted by Gasteiger charge is 2.26. The average Bonchev–Trinajstić information content (AvgIpc) is 3.19. The molecule has 4 rings (SSSR count). The Morgan fingerprint density at radius 2 is 1.83 bits per heavy atom. The number of hydrogen-bond donors (Lipinski definition) is 1. The Kier molecular flexibility index (Phi) is 6.26. The summed E-state index contributed by atoms with van der Waals surface area (Å²) < 4.78 is 37.8. The van der Waals surface area contributed by atoms with Crippen LogP contribution in [0.1, 0.15) is 30.1 Å². The smallest absolute Gasteiger partial charge is 0.243 e. The molecule has 0 spiro atoms. The number of rotatable bonds is 7. The van der Waals surface area contributed by atoms with E-state index in [1.807, 2.05) is 24.3 Å². The highest BCUT2D eigenvalue weighted by Crippen LogP contribution is 2.28. The fraction of sp³-hybridized carbons (Fsp3) is 0.381. The summed E-state index contributed by atoms with van der Waals surface area (Å²) >= 11 is 1.49. The lowest BCUT2D eigenvalue weighted by atomic mass is 10.0. The van der Waals surface area contributed by atoms with Crippen molar-refractivity contribution in [2.75, 3.05) is 26.3 Å². The largest absolute Gasteiger partial charge is 0.379 e. The van der Waals surface area contributed by atoms with Gasteiger partial charge in [0.15, 0.2) is 0 Å². The molecule has 6 nitrogen and oxygen atoms in total. The maximum absolute atomic E-state index is 12.7. The number of hydrogen-bond acceptors (Lipinski definition) is 6. The molecule has 1 aliphatic rings. The van der Waals surface area contributed by atoms with E-state index in [1.54, 1.807) is 12.1 Å². The third-order valence-corrected chi connectivity index (χ3v) is 8.02. The van der Waals surface area contributed by atoms with E-state index in [1.165, 1.54) is 15.8 Å². The number of aromatic nitrogens is 1. The number of fused-ring (bicyclic) bond motifs is 1. The summed E-state index contributed by atoms with van der Waals surface area (Å²) in [7, 11) is -3.44. The highest BCUT2D eigenvalue weighted by molar-refractivity contribution is 7.89. The fourth-order valence-electron chi connectivity index (χ4n) is 3.60. The molecule has 0 radical (unpaired) electrons. The van der Waals surface area contributed by atoms with Gasteiger partial charge < -0.3 is 10.5 Å². The molecule has 2 aromatic carbocycles. The van der Waals surface area contributed by atoms with Gasteiger partial charge in [0.1, 0.15) is 0 Å². The zero-order valence-electron chi connectivity index (χ0n) is 16.2. The quantitative estimate of drug-likeness (QED) is 0.620. The van der Waals surface area contributed by atoms with Crippen LogP contribution in [0, 0.1) is 0 Å². The van der Waals surface area contributed by atoms with Crippen LogP contribution in [0.25, 0.3) is 10.1 Å². The van der Waals surface area contributed by atoms with Gasteiger partial charge >= 0.3 is 0 Å². The molecule has 0 bridgehead atoms. The number of nitrogens with zero attached hydrogens (tertiary/aromatic N) is 2. The van der Waals surface area contributed by atoms with Crippen LogP contribution in [-0.4, -0.2) is 43.4 Å². The Balaban J connectivity index is 1.34. The molecule has 0 saturated carbocycles. The molecule has 1 aliphatic heterocycles. The number of nitrogens with two attached hydrogens (primary N) is 1. The van der Waals surface area contributed by atoms with Crippen molar-refractivity contribution in [3.63, 3.8) is 0 Å². The van der Waals surface area contributed by atoms with Gasteiger partial charge in [-0.2, -0.15) is 8.68 Å². The molecule has 3 aromatic rings. The van der Waals surface area contributed by atoms with Crippen LogP contribution >= 0.6 is 11.5 Å². The second kappa shape index (κ2) is 8.89. The van der Waals surface area contributed by atoms with Crippen LogP contribution in [0.4, 0.5) is 0 Å². The standard InChI is InChI=1S/C21H25N3O3S2/c22-19(21-18-5-1-2-7-20(18)28-23-21)6-3-4-16-8-10-17(11-9-16)29(25,26)24-12-14-27-15-13-24/h1-2,5,7-11,19H,3-4,6,12-15,22H2. The number of aryl methyl sites for hydroxylation is 1. The van der Waals surface area contributed by atoms with E-state index in [-0.39, 0.29) is 6.04 Å². The second-order valence-corrected chi connectivity index (χ2v) is 9.97. The summed E-state index contributed by atoms with van der Waals surface area (Å²) in [6, 6.07) is 15.3. The van der Waals surface area contributed by atoms with E-state index >= 15 is 0 Å². The zero-order valence-corrected chi connectivity index (χ0v) is 17.8. The van der Waals surface area contributed by atoms with Gasteiger partial charge in [-0.15, -0.1) is 0 Å². The van der Waals surface area contributed by atoms with Gasteiger partial charge in [-0.05, 0) is 54.6 Å². The van der Waals surface area contributed by atoms with E-state index in [0.29, 0.717) is 31.2 Å². The minimum atomic E-state index is -3.44. The van der Waals surface area contributed by atoms with E-state index < -0.39 is 10.0 Å². The van der Waals surface area contributed by atoms with Crippen LogP contribution in [-0.2, 0) is 21.2 Å². The van der Waals surface area contributed by atoms with Gasteiger partial charge in [-0.25, -0.2) is 8.42 Å². The molecular formula is C21H25N3O3S2. The molecule has 1 atom stereocenters. The maximum Gasteiger partial charge on any atom is 0.243 e. The minimum Gasteiger partial charge on any atom is -0.379 e. The van der Waals surface area contributed by atoms with E-state index in [0.717, 1.165) is 40.6 Å². The lowest BCUT2D eigenvalue weighted by Crippen LogP contribution is -2.40. The summed E-state index contributed by atoms with van der Waals surface area (Å²) in [5, 5.41) is 1.14. The van der Waals surface area contributed by atoms with Crippen molar-refractivity contribution in [3.05, 3.63) is 59.8 Å². The molecule has 0 amide bonds. The predicted molar refractivity (Wildman–Crippen MR) is 116 cm³/mol. The average molecular weight is 432 g/mol. The number of ether oxygens (including phenoxy) is 1. The molecule has 1 saturated heterocycles. The molecule has 8 heteroatoms. The van der Waals surface area contributed by atoms with Crippen LogP contribution < -0.4 is 5.73 Å². The Hall–Kier alpha value is -1.84. The van der Waals surface area contributed by atoms with Crippen molar-refractivity contribution in [3.8, 4) is 0 Å². The molecule has 1 fully saturated rings. The maximum atomic E-state index is 12.7. The highest BCUT2D eigenvalue weighted by atomic mass is 32.2. The van der Waals surface area contributed by atoms with Gasteiger partial charge in [0.05, 0.1) is 28.5 Å². The van der Waals surface area contributed by atoms with Crippen molar-refractivity contribution < 1.29 is 13.2 Å². The van der Waals surface area contributed by atoms with Crippen LogP contribution in [0.3, 0.4) is 0 Å². The van der Waals surface area contributed by atoms with Crippen molar-refractivity contribution >= 4 is 31.6 Å². The van der Waals surface area contributed by atoms with Gasteiger partial charge in [0.2, 0.25) is 10.0 Å². The Morgan fingerprint density at radius 1 is 1.10 bits per heavy atom. The van der Waals surface area contributed by atoms with Gasteiger partial charge in [0.25, 0.3) is 0 Å². The molecule has 2 N–H and O–H groups in total. The van der Waals surface area contributed by atoms with Gasteiger partial charge in [0, 0.05) is 24.5 Å². The lowest BCUT2D eigenvalue weighted by molar-refractivity contribution is 0.0730.